The lowest BCUT2D eigenvalue weighted by molar-refractivity contribution is -0.152. The first kappa shape index (κ1) is 19.5. The number of amides is 1. The first-order valence-corrected chi connectivity index (χ1v) is 8.72. The second kappa shape index (κ2) is 10.2. The molecular formula is C21H25NO4. The summed E-state index contributed by atoms with van der Waals surface area (Å²) >= 11 is 0. The Balaban J connectivity index is 1.75. The highest BCUT2D eigenvalue weighted by Crippen LogP contribution is 2.13. The van der Waals surface area contributed by atoms with Crippen LogP contribution in [0.4, 0.5) is 0 Å². The van der Waals surface area contributed by atoms with Crippen molar-refractivity contribution in [2.45, 2.75) is 26.3 Å². The van der Waals surface area contributed by atoms with E-state index >= 15 is 0 Å². The SMILES string of the molecule is CCN(Cc1ccccc1)C(=O)COC(=O)CCc1ccc(OC)cc1. The summed E-state index contributed by atoms with van der Waals surface area (Å²) in [5, 5.41) is 0. The Morgan fingerprint density at radius 2 is 1.65 bits per heavy atom. The number of carbonyl (C=O) groups excluding carboxylic acids is 2. The van der Waals surface area contributed by atoms with Crippen molar-refractivity contribution in [3.63, 3.8) is 0 Å². The van der Waals surface area contributed by atoms with E-state index in [1.54, 1.807) is 12.0 Å². The van der Waals surface area contributed by atoms with E-state index in [-0.39, 0.29) is 24.9 Å². The minimum Gasteiger partial charge on any atom is -0.497 e. The fourth-order valence-electron chi connectivity index (χ4n) is 2.52. The molecule has 0 saturated carbocycles. The molecule has 0 N–H and O–H groups in total. The van der Waals surface area contributed by atoms with E-state index < -0.39 is 0 Å². The number of nitrogens with zero attached hydrogens (tertiary/aromatic N) is 1. The number of ether oxygens (including phenoxy) is 2. The van der Waals surface area contributed by atoms with Gasteiger partial charge in [0.05, 0.1) is 7.11 Å². The molecule has 0 aromatic heterocycles. The largest absolute Gasteiger partial charge is 0.497 e. The highest BCUT2D eigenvalue weighted by Gasteiger charge is 2.14. The van der Waals surface area contributed by atoms with Crippen LogP contribution in [0.2, 0.25) is 0 Å². The molecule has 26 heavy (non-hydrogen) atoms. The van der Waals surface area contributed by atoms with Crippen molar-refractivity contribution in [1.82, 2.24) is 4.90 Å². The maximum atomic E-state index is 12.3. The Morgan fingerprint density at radius 3 is 2.27 bits per heavy atom. The second-order valence-corrected chi connectivity index (χ2v) is 5.90. The molecule has 2 aromatic carbocycles. The molecule has 2 aromatic rings. The second-order valence-electron chi connectivity index (χ2n) is 5.90. The Labute approximate surface area is 154 Å². The molecule has 0 aliphatic carbocycles. The number of esters is 1. The molecule has 0 heterocycles. The number of aryl methyl sites for hydroxylation is 1. The van der Waals surface area contributed by atoms with Crippen LogP contribution in [-0.2, 0) is 27.3 Å². The van der Waals surface area contributed by atoms with E-state index in [2.05, 4.69) is 0 Å². The standard InChI is InChI=1S/C21H25NO4/c1-3-22(15-18-7-5-4-6-8-18)20(23)16-26-21(24)14-11-17-9-12-19(25-2)13-10-17/h4-10,12-13H,3,11,14-16H2,1-2H3. The number of hydrogen-bond acceptors (Lipinski definition) is 4. The van der Waals surface area contributed by atoms with Gasteiger partial charge in [0.15, 0.2) is 6.61 Å². The van der Waals surface area contributed by atoms with Crippen LogP contribution in [0.5, 0.6) is 5.75 Å². The van der Waals surface area contributed by atoms with Gasteiger partial charge in [-0.1, -0.05) is 42.5 Å². The van der Waals surface area contributed by atoms with Gasteiger partial charge in [-0.2, -0.15) is 0 Å². The topological polar surface area (TPSA) is 55.8 Å². The molecule has 0 atom stereocenters. The van der Waals surface area contributed by atoms with E-state index in [4.69, 9.17) is 9.47 Å². The van der Waals surface area contributed by atoms with Crippen molar-refractivity contribution < 1.29 is 19.1 Å². The van der Waals surface area contributed by atoms with Crippen LogP contribution in [0.25, 0.3) is 0 Å². The normalized spacial score (nSPS) is 10.2. The summed E-state index contributed by atoms with van der Waals surface area (Å²) < 4.78 is 10.2. The Kier molecular flexibility index (Phi) is 7.68. The summed E-state index contributed by atoms with van der Waals surface area (Å²) in [5.41, 5.74) is 2.07. The van der Waals surface area contributed by atoms with Crippen LogP contribution in [-0.4, -0.2) is 37.0 Å². The Bertz CT molecular complexity index is 698. The zero-order chi connectivity index (χ0) is 18.8. The molecule has 0 saturated heterocycles. The fraction of sp³-hybridized carbons (Fsp3) is 0.333. The smallest absolute Gasteiger partial charge is 0.306 e. The lowest BCUT2D eigenvalue weighted by atomic mass is 10.1. The third-order valence-corrected chi connectivity index (χ3v) is 4.08. The highest BCUT2D eigenvalue weighted by molar-refractivity contribution is 5.80. The van der Waals surface area contributed by atoms with Crippen LogP contribution in [0, 0.1) is 0 Å². The van der Waals surface area contributed by atoms with Crippen molar-refractivity contribution >= 4 is 11.9 Å². The Hall–Kier alpha value is -2.82. The molecule has 0 aliphatic heterocycles. The molecule has 5 heteroatoms. The fourth-order valence-corrected chi connectivity index (χ4v) is 2.52. The van der Waals surface area contributed by atoms with Crippen LogP contribution in [0.15, 0.2) is 54.6 Å². The lowest BCUT2D eigenvalue weighted by Crippen LogP contribution is -2.34. The van der Waals surface area contributed by atoms with Crippen molar-refractivity contribution in [3.8, 4) is 5.75 Å². The third kappa shape index (κ3) is 6.24. The van der Waals surface area contributed by atoms with Crippen molar-refractivity contribution in [2.24, 2.45) is 0 Å². The maximum Gasteiger partial charge on any atom is 0.306 e. The Morgan fingerprint density at radius 1 is 0.962 bits per heavy atom. The van der Waals surface area contributed by atoms with Gasteiger partial charge in [0, 0.05) is 19.5 Å². The van der Waals surface area contributed by atoms with Crippen molar-refractivity contribution in [1.29, 1.82) is 0 Å². The van der Waals surface area contributed by atoms with Gasteiger partial charge >= 0.3 is 5.97 Å². The zero-order valence-electron chi connectivity index (χ0n) is 15.3. The predicted octanol–water partition coefficient (Wildman–Crippen LogP) is 3.22. The molecule has 138 valence electrons. The summed E-state index contributed by atoms with van der Waals surface area (Å²) in [5.74, 6) is 0.221. The third-order valence-electron chi connectivity index (χ3n) is 4.08. The van der Waals surface area contributed by atoms with Crippen LogP contribution in [0.3, 0.4) is 0 Å². The van der Waals surface area contributed by atoms with E-state index in [1.165, 1.54) is 0 Å². The molecule has 1 amide bonds. The summed E-state index contributed by atoms with van der Waals surface area (Å²) in [7, 11) is 1.61. The summed E-state index contributed by atoms with van der Waals surface area (Å²) in [6, 6.07) is 17.3. The molecular weight excluding hydrogens is 330 g/mol. The molecule has 0 radical (unpaired) electrons. The molecule has 0 unspecified atom stereocenters. The number of likely N-dealkylation sites (N-methyl/N-ethyl adjacent to an activating group) is 1. The first-order valence-electron chi connectivity index (χ1n) is 8.72. The number of rotatable bonds is 9. The summed E-state index contributed by atoms with van der Waals surface area (Å²) in [6.07, 6.45) is 0.808. The highest BCUT2D eigenvalue weighted by atomic mass is 16.5. The van der Waals surface area contributed by atoms with E-state index in [9.17, 15) is 9.59 Å². The van der Waals surface area contributed by atoms with Crippen LogP contribution in [0.1, 0.15) is 24.5 Å². The molecule has 0 bridgehead atoms. The molecule has 0 fully saturated rings. The predicted molar refractivity (Wildman–Crippen MR) is 99.8 cm³/mol. The van der Waals surface area contributed by atoms with Crippen LogP contribution >= 0.6 is 0 Å². The van der Waals surface area contributed by atoms with Gasteiger partial charge in [0.1, 0.15) is 5.75 Å². The first-order chi connectivity index (χ1) is 12.6. The van der Waals surface area contributed by atoms with Gasteiger partial charge in [0.2, 0.25) is 0 Å². The summed E-state index contributed by atoms with van der Waals surface area (Å²) in [6.45, 7) is 2.77. The monoisotopic (exact) mass is 355 g/mol. The maximum absolute atomic E-state index is 12.3. The number of hydrogen-bond donors (Lipinski definition) is 0. The molecule has 5 nitrogen and oxygen atoms in total. The van der Waals surface area contributed by atoms with Crippen LogP contribution < -0.4 is 4.74 Å². The molecule has 0 aliphatic rings. The van der Waals surface area contributed by atoms with Gasteiger partial charge in [-0.05, 0) is 36.6 Å². The average molecular weight is 355 g/mol. The summed E-state index contributed by atoms with van der Waals surface area (Å²) in [4.78, 5) is 25.8. The van der Waals surface area contributed by atoms with E-state index in [1.807, 2.05) is 61.5 Å². The van der Waals surface area contributed by atoms with Gasteiger partial charge < -0.3 is 14.4 Å². The van der Waals surface area contributed by atoms with Crippen molar-refractivity contribution in [3.05, 3.63) is 65.7 Å². The van der Waals surface area contributed by atoms with Gasteiger partial charge in [-0.3, -0.25) is 9.59 Å². The molecule has 0 spiro atoms. The average Bonchev–Trinajstić information content (AvgIpc) is 2.69. The minimum absolute atomic E-state index is 0.186. The number of carbonyl (C=O) groups is 2. The van der Waals surface area contributed by atoms with Gasteiger partial charge in [0.25, 0.3) is 5.91 Å². The van der Waals surface area contributed by atoms with Crippen molar-refractivity contribution in [2.75, 3.05) is 20.3 Å². The van der Waals surface area contributed by atoms with Gasteiger partial charge in [-0.15, -0.1) is 0 Å². The minimum atomic E-state index is -0.370. The molecule has 2 rings (SSSR count). The zero-order valence-corrected chi connectivity index (χ0v) is 15.3. The van der Waals surface area contributed by atoms with Gasteiger partial charge in [-0.25, -0.2) is 0 Å². The quantitative estimate of drug-likeness (QED) is 0.648. The number of benzene rings is 2. The number of methoxy groups -OCH3 is 1. The van der Waals surface area contributed by atoms with E-state index in [0.29, 0.717) is 19.5 Å². The van der Waals surface area contributed by atoms with E-state index in [0.717, 1.165) is 16.9 Å². The lowest BCUT2D eigenvalue weighted by Gasteiger charge is -2.20.